The number of sulfonamides is 1. The molecule has 3 aliphatic rings. The van der Waals surface area contributed by atoms with Gasteiger partial charge >= 0.3 is 0 Å². The maximum atomic E-state index is 12.7. The third-order valence-electron chi connectivity index (χ3n) is 4.87. The topological polar surface area (TPSA) is 52.7 Å². The van der Waals surface area contributed by atoms with Gasteiger partial charge in [-0.15, -0.1) is 0 Å². The molecule has 6 heteroatoms. The van der Waals surface area contributed by atoms with E-state index in [4.69, 9.17) is 0 Å². The number of nitrogens with zero attached hydrogens (tertiary/aromatic N) is 2. The van der Waals surface area contributed by atoms with Crippen LogP contribution in [0.3, 0.4) is 0 Å². The molecule has 0 amide bonds. The van der Waals surface area contributed by atoms with Crippen molar-refractivity contribution in [2.24, 2.45) is 0 Å². The minimum atomic E-state index is -3.07. The average molecular weight is 287 g/mol. The third kappa shape index (κ3) is 2.82. The summed E-state index contributed by atoms with van der Waals surface area (Å²) in [6.07, 6.45) is 5.23. The van der Waals surface area contributed by atoms with Crippen molar-refractivity contribution in [3.63, 3.8) is 0 Å². The first-order valence-corrected chi connectivity index (χ1v) is 9.12. The van der Waals surface area contributed by atoms with Gasteiger partial charge in [0, 0.05) is 25.7 Å². The lowest BCUT2D eigenvalue weighted by Crippen LogP contribution is -2.58. The van der Waals surface area contributed by atoms with Gasteiger partial charge in [-0.25, -0.2) is 8.42 Å². The quantitative estimate of drug-likeness (QED) is 0.790. The van der Waals surface area contributed by atoms with E-state index < -0.39 is 10.0 Å². The molecule has 0 saturated carbocycles. The number of piperidine rings is 2. The van der Waals surface area contributed by atoms with Crippen molar-refractivity contribution in [3.05, 3.63) is 0 Å². The lowest BCUT2D eigenvalue weighted by atomic mass is 10.0. The van der Waals surface area contributed by atoms with Crippen molar-refractivity contribution in [3.8, 4) is 0 Å². The summed E-state index contributed by atoms with van der Waals surface area (Å²) < 4.78 is 27.2. The van der Waals surface area contributed by atoms with Gasteiger partial charge in [0.25, 0.3) is 0 Å². The standard InChI is InChI=1S/C13H25N3O2S/c17-19(18,13-4-6-14-7-5-13)16-10-9-15-8-2-1-3-12(15)11-16/h12-14H,1-11H2. The Kier molecular flexibility index (Phi) is 4.12. The third-order valence-corrected chi connectivity index (χ3v) is 7.23. The van der Waals surface area contributed by atoms with Crippen LogP contribution in [-0.2, 0) is 10.0 Å². The lowest BCUT2D eigenvalue weighted by molar-refractivity contribution is 0.0845. The Bertz CT molecular complexity index is 406. The Morgan fingerprint density at radius 3 is 2.53 bits per heavy atom. The number of piperazine rings is 1. The Balaban J connectivity index is 1.67. The molecule has 0 aromatic rings. The van der Waals surface area contributed by atoms with Crippen LogP contribution in [-0.4, -0.2) is 68.2 Å². The molecule has 3 fully saturated rings. The largest absolute Gasteiger partial charge is 0.317 e. The molecule has 19 heavy (non-hydrogen) atoms. The highest BCUT2D eigenvalue weighted by molar-refractivity contribution is 7.89. The fourth-order valence-electron chi connectivity index (χ4n) is 3.66. The number of fused-ring (bicyclic) bond motifs is 1. The first kappa shape index (κ1) is 13.8. The van der Waals surface area contributed by atoms with E-state index >= 15 is 0 Å². The SMILES string of the molecule is O=S(=O)(C1CCNCC1)N1CCN2CCCCC2C1. The molecule has 3 heterocycles. The van der Waals surface area contributed by atoms with Crippen LogP contribution in [0.4, 0.5) is 0 Å². The van der Waals surface area contributed by atoms with Crippen LogP contribution in [0, 0.1) is 0 Å². The van der Waals surface area contributed by atoms with Gasteiger partial charge in [0.2, 0.25) is 10.0 Å². The van der Waals surface area contributed by atoms with Crippen LogP contribution in [0.5, 0.6) is 0 Å². The highest BCUT2D eigenvalue weighted by Gasteiger charge is 2.38. The second kappa shape index (κ2) is 5.68. The van der Waals surface area contributed by atoms with Crippen molar-refractivity contribution < 1.29 is 8.42 Å². The zero-order valence-corrected chi connectivity index (χ0v) is 12.4. The number of rotatable bonds is 2. The molecule has 0 aromatic carbocycles. The van der Waals surface area contributed by atoms with E-state index in [2.05, 4.69) is 10.2 Å². The predicted octanol–water partition coefficient (Wildman–Crippen LogP) is 0.238. The monoisotopic (exact) mass is 287 g/mol. The second-order valence-corrected chi connectivity index (χ2v) is 8.25. The van der Waals surface area contributed by atoms with Crippen LogP contribution >= 0.6 is 0 Å². The normalized spacial score (nSPS) is 32.1. The molecule has 5 nitrogen and oxygen atoms in total. The fraction of sp³-hybridized carbons (Fsp3) is 1.00. The fourth-order valence-corrected chi connectivity index (χ4v) is 5.63. The maximum Gasteiger partial charge on any atom is 0.217 e. The van der Waals surface area contributed by atoms with Gasteiger partial charge in [-0.05, 0) is 45.3 Å². The van der Waals surface area contributed by atoms with Gasteiger partial charge in [0.15, 0.2) is 0 Å². The van der Waals surface area contributed by atoms with E-state index in [1.165, 1.54) is 12.8 Å². The number of hydrogen-bond acceptors (Lipinski definition) is 4. The van der Waals surface area contributed by atoms with Gasteiger partial charge in [0.1, 0.15) is 0 Å². The Hall–Kier alpha value is -0.170. The Morgan fingerprint density at radius 1 is 0.947 bits per heavy atom. The molecule has 0 radical (unpaired) electrons. The van der Waals surface area contributed by atoms with Crippen LogP contribution in [0.25, 0.3) is 0 Å². The summed E-state index contributed by atoms with van der Waals surface area (Å²) in [6, 6.07) is 0.471. The Morgan fingerprint density at radius 2 is 1.74 bits per heavy atom. The molecule has 0 aliphatic carbocycles. The number of nitrogens with one attached hydrogen (secondary N) is 1. The van der Waals surface area contributed by atoms with Crippen molar-refractivity contribution >= 4 is 10.0 Å². The first-order chi connectivity index (χ1) is 9.18. The van der Waals surface area contributed by atoms with Crippen LogP contribution in [0.2, 0.25) is 0 Å². The van der Waals surface area contributed by atoms with E-state index in [9.17, 15) is 8.42 Å². The minimum absolute atomic E-state index is 0.149. The summed E-state index contributed by atoms with van der Waals surface area (Å²) in [5.74, 6) is 0. The van der Waals surface area contributed by atoms with Crippen LogP contribution < -0.4 is 5.32 Å². The maximum absolute atomic E-state index is 12.7. The van der Waals surface area contributed by atoms with Crippen LogP contribution in [0.1, 0.15) is 32.1 Å². The van der Waals surface area contributed by atoms with E-state index in [1.54, 1.807) is 4.31 Å². The van der Waals surface area contributed by atoms with Gasteiger partial charge in [-0.1, -0.05) is 6.42 Å². The van der Waals surface area contributed by atoms with E-state index in [-0.39, 0.29) is 5.25 Å². The highest BCUT2D eigenvalue weighted by atomic mass is 32.2. The van der Waals surface area contributed by atoms with Gasteiger partial charge < -0.3 is 5.32 Å². The van der Waals surface area contributed by atoms with Gasteiger partial charge in [-0.3, -0.25) is 4.90 Å². The average Bonchev–Trinajstić information content (AvgIpc) is 2.47. The van der Waals surface area contributed by atoms with Crippen molar-refractivity contribution in [1.29, 1.82) is 0 Å². The molecule has 0 bridgehead atoms. The zero-order valence-electron chi connectivity index (χ0n) is 11.6. The summed E-state index contributed by atoms with van der Waals surface area (Å²) in [6.45, 7) is 5.19. The first-order valence-electron chi connectivity index (χ1n) is 7.61. The van der Waals surface area contributed by atoms with Crippen LogP contribution in [0.15, 0.2) is 0 Å². The van der Waals surface area contributed by atoms with E-state index in [1.807, 2.05) is 0 Å². The lowest BCUT2D eigenvalue weighted by Gasteiger charge is -2.44. The molecule has 0 aromatic heterocycles. The summed E-state index contributed by atoms with van der Waals surface area (Å²) >= 11 is 0. The molecule has 1 N–H and O–H groups in total. The summed E-state index contributed by atoms with van der Waals surface area (Å²) in [4.78, 5) is 2.48. The molecule has 0 spiro atoms. The molecule has 3 saturated heterocycles. The smallest absolute Gasteiger partial charge is 0.217 e. The van der Waals surface area contributed by atoms with E-state index in [0.29, 0.717) is 12.6 Å². The summed E-state index contributed by atoms with van der Waals surface area (Å²) in [7, 11) is -3.07. The molecular weight excluding hydrogens is 262 g/mol. The molecule has 110 valence electrons. The molecule has 3 rings (SSSR count). The predicted molar refractivity (Wildman–Crippen MR) is 75.6 cm³/mol. The summed E-state index contributed by atoms with van der Waals surface area (Å²) in [5.41, 5.74) is 0. The van der Waals surface area contributed by atoms with Gasteiger partial charge in [-0.2, -0.15) is 4.31 Å². The zero-order chi connectivity index (χ0) is 13.3. The highest BCUT2D eigenvalue weighted by Crippen LogP contribution is 2.25. The van der Waals surface area contributed by atoms with E-state index in [0.717, 1.165) is 52.0 Å². The molecule has 3 aliphatic heterocycles. The molecule has 1 unspecified atom stereocenters. The molecule has 1 atom stereocenters. The Labute approximate surface area is 116 Å². The van der Waals surface area contributed by atoms with Crippen molar-refractivity contribution in [1.82, 2.24) is 14.5 Å². The van der Waals surface area contributed by atoms with Gasteiger partial charge in [0.05, 0.1) is 5.25 Å². The van der Waals surface area contributed by atoms with Crippen molar-refractivity contribution in [2.45, 2.75) is 43.4 Å². The second-order valence-electron chi connectivity index (χ2n) is 6.04. The van der Waals surface area contributed by atoms with Crippen molar-refractivity contribution in [2.75, 3.05) is 39.3 Å². The summed E-state index contributed by atoms with van der Waals surface area (Å²) in [5, 5.41) is 3.09. The number of hydrogen-bond donors (Lipinski definition) is 1. The molecular formula is C13H25N3O2S. The minimum Gasteiger partial charge on any atom is -0.317 e.